The SMILES string of the molecule is CC(C)CN(CC(C)C)C(=O)COC(=O)CN1C(=O)NC(C)(C)C1=O. The quantitative estimate of drug-likeness (QED) is 0.518. The first kappa shape index (κ1) is 20.9. The largest absolute Gasteiger partial charge is 0.454 e. The number of hydrogen-bond donors (Lipinski definition) is 1. The fourth-order valence-corrected chi connectivity index (χ4v) is 2.53. The maximum absolute atomic E-state index is 12.3. The standard InChI is InChI=1S/C17H29N3O5/c1-11(2)7-19(8-12(3)4)13(21)10-25-14(22)9-20-15(23)17(5,6)18-16(20)24/h11-12H,7-10H2,1-6H3,(H,18,24). The molecule has 1 N–H and O–H groups in total. The summed E-state index contributed by atoms with van der Waals surface area (Å²) < 4.78 is 4.97. The molecule has 0 atom stereocenters. The zero-order valence-corrected chi connectivity index (χ0v) is 15.9. The van der Waals surface area contributed by atoms with Gasteiger partial charge < -0.3 is 15.0 Å². The molecule has 1 saturated heterocycles. The minimum Gasteiger partial charge on any atom is -0.454 e. The Morgan fingerprint density at radius 1 is 1.12 bits per heavy atom. The topological polar surface area (TPSA) is 96.0 Å². The molecule has 0 unspecified atom stereocenters. The molecular weight excluding hydrogens is 326 g/mol. The van der Waals surface area contributed by atoms with Gasteiger partial charge in [-0.05, 0) is 25.7 Å². The van der Waals surface area contributed by atoms with Crippen molar-refractivity contribution in [2.45, 2.75) is 47.1 Å². The average molecular weight is 355 g/mol. The van der Waals surface area contributed by atoms with E-state index < -0.39 is 36.6 Å². The van der Waals surface area contributed by atoms with Crippen LogP contribution in [-0.4, -0.2) is 65.4 Å². The van der Waals surface area contributed by atoms with Crippen LogP contribution in [0.15, 0.2) is 0 Å². The van der Waals surface area contributed by atoms with Crippen LogP contribution in [0.2, 0.25) is 0 Å². The number of nitrogens with one attached hydrogen (secondary N) is 1. The second-order valence-electron chi connectivity index (χ2n) is 7.69. The van der Waals surface area contributed by atoms with Gasteiger partial charge >= 0.3 is 12.0 Å². The van der Waals surface area contributed by atoms with E-state index in [0.29, 0.717) is 24.9 Å². The van der Waals surface area contributed by atoms with Crippen LogP contribution in [0.3, 0.4) is 0 Å². The normalized spacial score (nSPS) is 16.4. The molecule has 0 bridgehead atoms. The van der Waals surface area contributed by atoms with Gasteiger partial charge in [0.15, 0.2) is 6.61 Å². The fraction of sp³-hybridized carbons (Fsp3) is 0.765. The third-order valence-electron chi connectivity index (χ3n) is 3.61. The van der Waals surface area contributed by atoms with Crippen molar-refractivity contribution in [1.82, 2.24) is 15.1 Å². The van der Waals surface area contributed by atoms with Gasteiger partial charge in [-0.2, -0.15) is 0 Å². The lowest BCUT2D eigenvalue weighted by molar-refractivity contribution is -0.154. The summed E-state index contributed by atoms with van der Waals surface area (Å²) >= 11 is 0. The average Bonchev–Trinajstić information content (AvgIpc) is 2.65. The van der Waals surface area contributed by atoms with Crippen molar-refractivity contribution in [2.75, 3.05) is 26.2 Å². The molecule has 1 rings (SSSR count). The van der Waals surface area contributed by atoms with Gasteiger partial charge in [0.2, 0.25) is 0 Å². The van der Waals surface area contributed by atoms with E-state index in [9.17, 15) is 19.2 Å². The smallest absolute Gasteiger partial charge is 0.326 e. The highest BCUT2D eigenvalue weighted by atomic mass is 16.5. The molecule has 1 heterocycles. The fourth-order valence-electron chi connectivity index (χ4n) is 2.53. The lowest BCUT2D eigenvalue weighted by atomic mass is 10.1. The molecule has 0 saturated carbocycles. The number of urea groups is 1. The van der Waals surface area contributed by atoms with E-state index in [-0.39, 0.29) is 5.91 Å². The van der Waals surface area contributed by atoms with Crippen LogP contribution >= 0.6 is 0 Å². The first-order valence-electron chi connectivity index (χ1n) is 8.51. The first-order valence-corrected chi connectivity index (χ1v) is 8.51. The summed E-state index contributed by atoms with van der Waals surface area (Å²) in [5.41, 5.74) is -1.04. The molecule has 4 amide bonds. The van der Waals surface area contributed by atoms with Crippen molar-refractivity contribution in [2.24, 2.45) is 11.8 Å². The number of esters is 1. The monoisotopic (exact) mass is 355 g/mol. The van der Waals surface area contributed by atoms with Crippen LogP contribution in [0.1, 0.15) is 41.5 Å². The maximum Gasteiger partial charge on any atom is 0.326 e. The number of nitrogens with zero attached hydrogens (tertiary/aromatic N) is 2. The number of rotatable bonds is 8. The molecule has 8 heteroatoms. The van der Waals surface area contributed by atoms with Crippen LogP contribution in [0, 0.1) is 11.8 Å². The second-order valence-corrected chi connectivity index (χ2v) is 7.69. The minimum atomic E-state index is -1.04. The predicted molar refractivity (Wildman–Crippen MR) is 91.5 cm³/mol. The number of ether oxygens (including phenoxy) is 1. The number of carbonyl (C=O) groups excluding carboxylic acids is 4. The molecule has 1 fully saturated rings. The summed E-state index contributed by atoms with van der Waals surface area (Å²) in [6.45, 7) is 11.4. The summed E-state index contributed by atoms with van der Waals surface area (Å²) in [5, 5.41) is 2.48. The zero-order chi connectivity index (χ0) is 19.4. The molecule has 0 radical (unpaired) electrons. The molecule has 0 aromatic heterocycles. The molecule has 0 aromatic rings. The van der Waals surface area contributed by atoms with E-state index in [4.69, 9.17) is 4.74 Å². The first-order chi connectivity index (χ1) is 11.4. The summed E-state index contributed by atoms with van der Waals surface area (Å²) in [6.07, 6.45) is 0. The van der Waals surface area contributed by atoms with E-state index in [1.54, 1.807) is 18.7 Å². The Labute approximate surface area is 148 Å². The van der Waals surface area contributed by atoms with Gasteiger partial charge in [-0.15, -0.1) is 0 Å². The van der Waals surface area contributed by atoms with Gasteiger partial charge in [0.05, 0.1) is 0 Å². The van der Waals surface area contributed by atoms with Gasteiger partial charge in [-0.3, -0.25) is 19.3 Å². The summed E-state index contributed by atoms with van der Waals surface area (Å²) in [6, 6.07) is -0.639. The second kappa shape index (κ2) is 8.31. The van der Waals surface area contributed by atoms with Gasteiger partial charge in [0, 0.05) is 13.1 Å². The van der Waals surface area contributed by atoms with E-state index in [1.165, 1.54) is 0 Å². The van der Waals surface area contributed by atoms with Crippen LogP contribution in [0.5, 0.6) is 0 Å². The minimum absolute atomic E-state index is 0.284. The zero-order valence-electron chi connectivity index (χ0n) is 15.9. The lowest BCUT2D eigenvalue weighted by Gasteiger charge is -2.26. The lowest BCUT2D eigenvalue weighted by Crippen LogP contribution is -2.42. The Morgan fingerprint density at radius 2 is 1.64 bits per heavy atom. The number of hydrogen-bond acceptors (Lipinski definition) is 5. The van der Waals surface area contributed by atoms with Gasteiger partial charge in [0.25, 0.3) is 11.8 Å². The van der Waals surface area contributed by atoms with Gasteiger partial charge in [-0.1, -0.05) is 27.7 Å². The Bertz CT molecular complexity index is 532. The molecule has 0 aliphatic carbocycles. The maximum atomic E-state index is 12.3. The molecule has 0 aromatic carbocycles. The highest BCUT2D eigenvalue weighted by Gasteiger charge is 2.45. The molecule has 1 aliphatic heterocycles. The van der Waals surface area contributed by atoms with Crippen LogP contribution in [0.4, 0.5) is 4.79 Å². The molecule has 1 aliphatic rings. The third-order valence-corrected chi connectivity index (χ3v) is 3.61. The molecule has 25 heavy (non-hydrogen) atoms. The van der Waals surface area contributed by atoms with Crippen LogP contribution in [-0.2, 0) is 19.1 Å². The summed E-state index contributed by atoms with van der Waals surface area (Å²) in [4.78, 5) is 50.4. The molecule has 142 valence electrons. The van der Waals surface area contributed by atoms with Gasteiger partial charge in [0.1, 0.15) is 12.1 Å². The van der Waals surface area contributed by atoms with Crippen molar-refractivity contribution in [1.29, 1.82) is 0 Å². The number of carbonyl (C=O) groups is 4. The highest BCUT2D eigenvalue weighted by molar-refractivity contribution is 6.08. The number of amides is 4. The Hall–Kier alpha value is -2.12. The van der Waals surface area contributed by atoms with Gasteiger partial charge in [-0.25, -0.2) is 4.79 Å². The highest BCUT2D eigenvalue weighted by Crippen LogP contribution is 2.16. The Kier molecular flexibility index (Phi) is 6.96. The van der Waals surface area contributed by atoms with E-state index in [2.05, 4.69) is 5.32 Å². The Morgan fingerprint density at radius 3 is 2.04 bits per heavy atom. The van der Waals surface area contributed by atoms with Crippen LogP contribution < -0.4 is 5.32 Å². The van der Waals surface area contributed by atoms with E-state index in [1.807, 2.05) is 27.7 Å². The van der Waals surface area contributed by atoms with Crippen molar-refractivity contribution < 1.29 is 23.9 Å². The van der Waals surface area contributed by atoms with Crippen LogP contribution in [0.25, 0.3) is 0 Å². The van der Waals surface area contributed by atoms with E-state index in [0.717, 1.165) is 4.90 Å². The van der Waals surface area contributed by atoms with Crippen molar-refractivity contribution in [3.8, 4) is 0 Å². The molecule has 0 spiro atoms. The van der Waals surface area contributed by atoms with Crippen molar-refractivity contribution >= 4 is 23.8 Å². The Balaban J connectivity index is 2.55. The summed E-state index contributed by atoms with van der Waals surface area (Å²) in [5.74, 6) is -0.975. The van der Waals surface area contributed by atoms with Crippen molar-refractivity contribution in [3.05, 3.63) is 0 Å². The third kappa shape index (κ3) is 6.03. The van der Waals surface area contributed by atoms with Crippen molar-refractivity contribution in [3.63, 3.8) is 0 Å². The molecular formula is C17H29N3O5. The summed E-state index contributed by atoms with van der Waals surface area (Å²) in [7, 11) is 0. The molecule has 8 nitrogen and oxygen atoms in total. The number of imide groups is 1. The van der Waals surface area contributed by atoms with E-state index >= 15 is 0 Å². The predicted octanol–water partition coefficient (Wildman–Crippen LogP) is 1.00.